The first-order chi connectivity index (χ1) is 13.6. The summed E-state index contributed by atoms with van der Waals surface area (Å²) < 4.78 is 1.68. The van der Waals surface area contributed by atoms with Crippen LogP contribution in [0, 0.1) is 0 Å². The average molecular weight is 396 g/mol. The van der Waals surface area contributed by atoms with Crippen molar-refractivity contribution in [1.82, 2.24) is 25.5 Å². The molecule has 28 heavy (non-hydrogen) atoms. The standard InChI is InChI=1S/C21H25N5OS/c1-4-19(20(27)22-14-16-8-6-5-7-9-16)28-21-23-24-25-26(21)18-12-10-17(11-13-18)15(2)3/h5-13,15,19H,4,14H2,1-3H3,(H,22,27). The Morgan fingerprint density at radius 3 is 2.46 bits per heavy atom. The van der Waals surface area contributed by atoms with Crippen LogP contribution in [0.1, 0.15) is 44.2 Å². The number of nitrogens with zero attached hydrogens (tertiary/aromatic N) is 4. The third kappa shape index (κ3) is 4.98. The molecule has 0 aliphatic heterocycles. The number of carbonyl (C=O) groups excluding carboxylic acids is 1. The molecule has 0 fully saturated rings. The number of thioether (sulfide) groups is 1. The van der Waals surface area contributed by atoms with Crippen LogP contribution in [-0.4, -0.2) is 31.4 Å². The van der Waals surface area contributed by atoms with E-state index in [0.29, 0.717) is 24.0 Å². The van der Waals surface area contributed by atoms with Crippen molar-refractivity contribution >= 4 is 17.7 Å². The van der Waals surface area contributed by atoms with Crippen LogP contribution in [0.25, 0.3) is 5.69 Å². The largest absolute Gasteiger partial charge is 0.351 e. The van der Waals surface area contributed by atoms with E-state index < -0.39 is 0 Å². The van der Waals surface area contributed by atoms with Crippen molar-refractivity contribution in [2.24, 2.45) is 0 Å². The molecule has 1 amide bonds. The molecule has 1 unspecified atom stereocenters. The number of hydrogen-bond donors (Lipinski definition) is 1. The zero-order chi connectivity index (χ0) is 19.9. The fraction of sp³-hybridized carbons (Fsp3) is 0.333. The maximum Gasteiger partial charge on any atom is 0.233 e. The average Bonchev–Trinajstić information content (AvgIpc) is 3.19. The highest BCUT2D eigenvalue weighted by atomic mass is 32.2. The summed E-state index contributed by atoms with van der Waals surface area (Å²) in [6.07, 6.45) is 0.685. The van der Waals surface area contributed by atoms with Crippen LogP contribution in [0.2, 0.25) is 0 Å². The molecular weight excluding hydrogens is 370 g/mol. The van der Waals surface area contributed by atoms with E-state index in [1.165, 1.54) is 17.3 Å². The number of tetrazole rings is 1. The first-order valence-corrected chi connectivity index (χ1v) is 10.3. The summed E-state index contributed by atoms with van der Waals surface area (Å²) in [5.74, 6) is 0.454. The summed E-state index contributed by atoms with van der Waals surface area (Å²) in [4.78, 5) is 12.6. The monoisotopic (exact) mass is 395 g/mol. The van der Waals surface area contributed by atoms with Gasteiger partial charge in [0.05, 0.1) is 10.9 Å². The van der Waals surface area contributed by atoms with Crippen LogP contribution >= 0.6 is 11.8 Å². The molecule has 0 saturated carbocycles. The number of amides is 1. The van der Waals surface area contributed by atoms with Gasteiger partial charge in [-0.05, 0) is 46.0 Å². The summed E-state index contributed by atoms with van der Waals surface area (Å²) >= 11 is 1.39. The van der Waals surface area contributed by atoms with Gasteiger partial charge >= 0.3 is 0 Å². The molecule has 1 atom stereocenters. The lowest BCUT2D eigenvalue weighted by Gasteiger charge is -2.14. The molecule has 3 rings (SSSR count). The Bertz CT molecular complexity index is 893. The minimum atomic E-state index is -0.261. The van der Waals surface area contributed by atoms with Gasteiger partial charge in [0.1, 0.15) is 0 Å². The Kier molecular flexibility index (Phi) is 6.81. The van der Waals surface area contributed by atoms with Gasteiger partial charge in [-0.25, -0.2) is 0 Å². The molecule has 2 aromatic carbocycles. The van der Waals surface area contributed by atoms with Crippen LogP contribution in [0.4, 0.5) is 0 Å². The Morgan fingerprint density at radius 1 is 1.11 bits per heavy atom. The Labute approximate surface area is 169 Å². The molecule has 1 heterocycles. The summed E-state index contributed by atoms with van der Waals surface area (Å²) in [7, 11) is 0. The van der Waals surface area contributed by atoms with Gasteiger partial charge in [0.15, 0.2) is 0 Å². The lowest BCUT2D eigenvalue weighted by Crippen LogP contribution is -2.32. The number of aromatic nitrogens is 4. The van der Waals surface area contributed by atoms with E-state index in [1.807, 2.05) is 49.4 Å². The Morgan fingerprint density at radius 2 is 1.82 bits per heavy atom. The molecule has 1 aromatic heterocycles. The molecule has 3 aromatic rings. The van der Waals surface area contributed by atoms with E-state index in [4.69, 9.17) is 0 Å². The minimum Gasteiger partial charge on any atom is -0.351 e. The fourth-order valence-electron chi connectivity index (χ4n) is 2.76. The highest BCUT2D eigenvalue weighted by Gasteiger charge is 2.21. The highest BCUT2D eigenvalue weighted by Crippen LogP contribution is 2.26. The molecule has 0 bridgehead atoms. The zero-order valence-electron chi connectivity index (χ0n) is 16.4. The number of nitrogens with one attached hydrogen (secondary N) is 1. The van der Waals surface area contributed by atoms with Crippen molar-refractivity contribution in [2.45, 2.75) is 50.1 Å². The second-order valence-corrected chi connectivity index (χ2v) is 8.01. The third-order valence-corrected chi connectivity index (χ3v) is 5.76. The molecule has 6 nitrogen and oxygen atoms in total. The van der Waals surface area contributed by atoms with Crippen molar-refractivity contribution in [3.05, 3.63) is 65.7 Å². The van der Waals surface area contributed by atoms with Gasteiger partial charge in [-0.3, -0.25) is 4.79 Å². The van der Waals surface area contributed by atoms with Crippen molar-refractivity contribution in [3.63, 3.8) is 0 Å². The highest BCUT2D eigenvalue weighted by molar-refractivity contribution is 8.00. The SMILES string of the molecule is CCC(Sc1nnnn1-c1ccc(C(C)C)cc1)C(=O)NCc1ccccc1. The molecule has 0 spiro atoms. The van der Waals surface area contributed by atoms with Crippen molar-refractivity contribution in [2.75, 3.05) is 0 Å². The van der Waals surface area contributed by atoms with Gasteiger partial charge in [-0.2, -0.15) is 4.68 Å². The lowest BCUT2D eigenvalue weighted by atomic mass is 10.0. The number of rotatable bonds is 8. The predicted molar refractivity (Wildman–Crippen MR) is 111 cm³/mol. The van der Waals surface area contributed by atoms with E-state index in [9.17, 15) is 4.79 Å². The van der Waals surface area contributed by atoms with Crippen molar-refractivity contribution < 1.29 is 4.79 Å². The third-order valence-electron chi connectivity index (χ3n) is 4.47. The van der Waals surface area contributed by atoms with Crippen molar-refractivity contribution in [1.29, 1.82) is 0 Å². The molecule has 1 N–H and O–H groups in total. The normalized spacial score (nSPS) is 12.1. The van der Waals surface area contributed by atoms with Crippen LogP contribution in [0.3, 0.4) is 0 Å². The zero-order valence-corrected chi connectivity index (χ0v) is 17.2. The van der Waals surface area contributed by atoms with E-state index in [1.54, 1.807) is 4.68 Å². The molecule has 0 aliphatic rings. The minimum absolute atomic E-state index is 0.0129. The van der Waals surface area contributed by atoms with Crippen LogP contribution in [-0.2, 0) is 11.3 Å². The summed E-state index contributed by atoms with van der Waals surface area (Å²) in [6, 6.07) is 18.1. The summed E-state index contributed by atoms with van der Waals surface area (Å²) in [6.45, 7) is 6.82. The first kappa shape index (κ1) is 20.1. The Hall–Kier alpha value is -2.67. The second-order valence-electron chi connectivity index (χ2n) is 6.84. The smallest absolute Gasteiger partial charge is 0.233 e. The van der Waals surface area contributed by atoms with Crippen molar-refractivity contribution in [3.8, 4) is 5.69 Å². The van der Waals surface area contributed by atoms with Gasteiger partial charge in [0, 0.05) is 6.54 Å². The maximum absolute atomic E-state index is 12.6. The van der Waals surface area contributed by atoms with E-state index in [2.05, 4.69) is 46.8 Å². The van der Waals surface area contributed by atoms with Gasteiger partial charge in [0.2, 0.25) is 11.1 Å². The quantitative estimate of drug-likeness (QED) is 0.584. The number of carbonyl (C=O) groups is 1. The number of hydrogen-bond acceptors (Lipinski definition) is 5. The van der Waals surface area contributed by atoms with Gasteiger partial charge < -0.3 is 5.32 Å². The van der Waals surface area contributed by atoms with E-state index in [0.717, 1.165) is 11.3 Å². The Balaban J connectivity index is 1.68. The van der Waals surface area contributed by atoms with E-state index in [-0.39, 0.29) is 11.2 Å². The first-order valence-electron chi connectivity index (χ1n) is 9.45. The molecular formula is C21H25N5OS. The van der Waals surface area contributed by atoms with Gasteiger partial charge in [0.25, 0.3) is 0 Å². The number of benzene rings is 2. The predicted octanol–water partition coefficient (Wildman–Crippen LogP) is 3.97. The second kappa shape index (κ2) is 9.50. The van der Waals surface area contributed by atoms with Crippen LogP contribution in [0.15, 0.2) is 59.8 Å². The summed E-state index contributed by atoms with van der Waals surface area (Å²) in [5.41, 5.74) is 3.22. The molecule has 0 saturated heterocycles. The molecule has 0 radical (unpaired) electrons. The lowest BCUT2D eigenvalue weighted by molar-refractivity contribution is -0.120. The van der Waals surface area contributed by atoms with Crippen LogP contribution in [0.5, 0.6) is 0 Å². The van der Waals surface area contributed by atoms with Crippen LogP contribution < -0.4 is 5.32 Å². The van der Waals surface area contributed by atoms with Gasteiger partial charge in [-0.15, -0.1) is 5.10 Å². The molecule has 7 heteroatoms. The molecule has 0 aliphatic carbocycles. The fourth-order valence-corrected chi connectivity index (χ4v) is 3.70. The maximum atomic E-state index is 12.6. The van der Waals surface area contributed by atoms with Gasteiger partial charge in [-0.1, -0.05) is 75.0 Å². The summed E-state index contributed by atoms with van der Waals surface area (Å²) in [5, 5.41) is 15.4. The van der Waals surface area contributed by atoms with E-state index >= 15 is 0 Å². The molecule has 146 valence electrons. The topological polar surface area (TPSA) is 72.7 Å².